The SMILES string of the molecule is Cc1c(N2CC3(CCN(c4ccc(C(=O)N5CCC(CN6Cc7cc8c(cc7C6)C(=O)N(C(C)CCC(=O)NC=O)C8=O)CC5)cc4)CC3)C[C@@H]2C)ccc(C#N)c1Cl. The summed E-state index contributed by atoms with van der Waals surface area (Å²) in [4.78, 5) is 73.0. The number of nitrogens with one attached hydrogen (secondary N) is 1. The van der Waals surface area contributed by atoms with Crippen LogP contribution in [0, 0.1) is 29.6 Å². The first kappa shape index (κ1) is 40.5. The van der Waals surface area contributed by atoms with Gasteiger partial charge in [0.2, 0.25) is 12.3 Å². The quantitative estimate of drug-likeness (QED) is 0.184. The van der Waals surface area contributed by atoms with Crippen LogP contribution in [-0.4, -0.2) is 96.1 Å². The topological polar surface area (TPSA) is 137 Å². The van der Waals surface area contributed by atoms with Gasteiger partial charge in [0, 0.05) is 87.8 Å². The van der Waals surface area contributed by atoms with Gasteiger partial charge in [-0.2, -0.15) is 5.26 Å². The molecular weight excluding hydrogens is 766 g/mol. The lowest BCUT2D eigenvalue weighted by molar-refractivity contribution is -0.125. The Morgan fingerprint density at radius 2 is 1.63 bits per heavy atom. The number of piperidine rings is 2. The summed E-state index contributed by atoms with van der Waals surface area (Å²) in [6, 6.07) is 17.9. The molecule has 8 rings (SSSR count). The highest BCUT2D eigenvalue weighted by molar-refractivity contribution is 6.33. The molecule has 3 aromatic carbocycles. The Balaban J connectivity index is 0.796. The molecule has 0 aromatic heterocycles. The minimum absolute atomic E-state index is 0.0417. The molecule has 13 heteroatoms. The fraction of sp³-hybridized carbons (Fsp3) is 0.478. The molecule has 308 valence electrons. The highest BCUT2D eigenvalue weighted by atomic mass is 35.5. The Hall–Kier alpha value is -5.25. The summed E-state index contributed by atoms with van der Waals surface area (Å²) in [5, 5.41) is 12.1. The molecule has 2 atom stereocenters. The normalized spacial score (nSPS) is 20.8. The summed E-state index contributed by atoms with van der Waals surface area (Å²) < 4.78 is 0. The van der Waals surface area contributed by atoms with Crippen LogP contribution in [0.5, 0.6) is 0 Å². The van der Waals surface area contributed by atoms with Crippen molar-refractivity contribution in [2.45, 2.75) is 90.9 Å². The van der Waals surface area contributed by atoms with Crippen molar-refractivity contribution in [3.05, 3.63) is 92.5 Å². The number of likely N-dealkylation sites (tertiary alicyclic amines) is 1. The summed E-state index contributed by atoms with van der Waals surface area (Å²) in [5.74, 6) is -0.590. The van der Waals surface area contributed by atoms with Crippen LogP contribution in [0.25, 0.3) is 0 Å². The van der Waals surface area contributed by atoms with Gasteiger partial charge in [-0.25, -0.2) is 0 Å². The molecule has 12 nitrogen and oxygen atoms in total. The van der Waals surface area contributed by atoms with Gasteiger partial charge in [-0.15, -0.1) is 0 Å². The van der Waals surface area contributed by atoms with Crippen LogP contribution in [-0.2, 0) is 22.7 Å². The van der Waals surface area contributed by atoms with Gasteiger partial charge in [-0.05, 0) is 136 Å². The summed E-state index contributed by atoms with van der Waals surface area (Å²) >= 11 is 6.55. The highest BCUT2D eigenvalue weighted by Gasteiger charge is 2.45. The van der Waals surface area contributed by atoms with E-state index in [1.807, 2.05) is 42.2 Å². The summed E-state index contributed by atoms with van der Waals surface area (Å²) in [7, 11) is 0. The van der Waals surface area contributed by atoms with Gasteiger partial charge < -0.3 is 14.7 Å². The maximum Gasteiger partial charge on any atom is 0.261 e. The highest BCUT2D eigenvalue weighted by Crippen LogP contribution is 2.47. The third kappa shape index (κ3) is 7.83. The molecule has 1 spiro atoms. The number of carbonyl (C=O) groups excluding carboxylic acids is 5. The molecule has 3 aromatic rings. The molecule has 3 fully saturated rings. The number of fused-ring (bicyclic) bond motifs is 2. The average molecular weight is 818 g/mol. The third-order valence-electron chi connectivity index (χ3n) is 13.8. The van der Waals surface area contributed by atoms with Crippen molar-refractivity contribution in [1.82, 2.24) is 20.0 Å². The maximum atomic E-state index is 13.6. The minimum atomic E-state index is -0.473. The number of nitrogens with zero attached hydrogens (tertiary/aromatic N) is 6. The fourth-order valence-corrected chi connectivity index (χ4v) is 10.6. The molecule has 0 saturated carbocycles. The molecule has 5 aliphatic rings. The van der Waals surface area contributed by atoms with Crippen LogP contribution >= 0.6 is 11.6 Å². The monoisotopic (exact) mass is 817 g/mol. The minimum Gasteiger partial charge on any atom is -0.371 e. The van der Waals surface area contributed by atoms with Gasteiger partial charge in [0.15, 0.2) is 0 Å². The molecule has 59 heavy (non-hydrogen) atoms. The zero-order valence-corrected chi connectivity index (χ0v) is 34.9. The van der Waals surface area contributed by atoms with Crippen molar-refractivity contribution in [2.75, 3.05) is 49.1 Å². The van der Waals surface area contributed by atoms with E-state index in [9.17, 15) is 29.2 Å². The third-order valence-corrected chi connectivity index (χ3v) is 14.2. The van der Waals surface area contributed by atoms with E-state index >= 15 is 0 Å². The van der Waals surface area contributed by atoms with E-state index in [2.05, 4.69) is 51.2 Å². The van der Waals surface area contributed by atoms with E-state index in [1.165, 1.54) is 4.90 Å². The van der Waals surface area contributed by atoms with E-state index in [0.29, 0.717) is 66.3 Å². The smallest absolute Gasteiger partial charge is 0.261 e. The van der Waals surface area contributed by atoms with Gasteiger partial charge >= 0.3 is 0 Å². The Bertz CT molecular complexity index is 2180. The van der Waals surface area contributed by atoms with Gasteiger partial charge in [0.25, 0.3) is 17.7 Å². The number of hydrogen-bond acceptors (Lipinski definition) is 9. The van der Waals surface area contributed by atoms with Crippen LogP contribution in [0.2, 0.25) is 5.02 Å². The number of carbonyl (C=O) groups is 5. The molecule has 0 aliphatic carbocycles. The molecule has 5 heterocycles. The lowest BCUT2D eigenvalue weighted by Gasteiger charge is -2.40. The summed E-state index contributed by atoms with van der Waals surface area (Å²) in [6.07, 6.45) is 5.83. The van der Waals surface area contributed by atoms with Crippen molar-refractivity contribution in [1.29, 1.82) is 5.26 Å². The second-order valence-corrected chi connectivity index (χ2v) is 17.9. The van der Waals surface area contributed by atoms with Crippen LogP contribution in [0.3, 0.4) is 0 Å². The largest absolute Gasteiger partial charge is 0.371 e. The van der Waals surface area contributed by atoms with Gasteiger partial charge in [0.05, 0.1) is 21.7 Å². The number of anilines is 2. The summed E-state index contributed by atoms with van der Waals surface area (Å²) in [5.41, 5.74) is 7.70. The number of amides is 5. The average Bonchev–Trinajstić information content (AvgIpc) is 3.86. The van der Waals surface area contributed by atoms with Gasteiger partial charge in [-0.3, -0.25) is 39.1 Å². The number of rotatable bonds is 10. The standard InChI is InChI=1S/C46H52ClN7O5/c1-29(4-11-41(56)49-28-55)54-44(58)38-20-35-25-50(26-36(35)21-39(38)45(54)59)24-32-12-16-52(17-13-32)43(57)33-5-8-37(9-6-33)51-18-14-46(15-19-51)22-30(2)53(27-46)40-10-7-34(23-48)42(47)31(40)3/h5-10,20-21,28-30,32H,4,11-19,22,24-27H2,1-3H3,(H,49,55,56)/t29?,30-/m0/s1. The van der Waals surface area contributed by atoms with Crippen molar-refractivity contribution in [3.63, 3.8) is 0 Å². The molecule has 5 amide bonds. The number of benzene rings is 3. The van der Waals surface area contributed by atoms with Crippen molar-refractivity contribution >= 4 is 53.0 Å². The predicted molar refractivity (Wildman–Crippen MR) is 225 cm³/mol. The molecule has 5 aliphatic heterocycles. The van der Waals surface area contributed by atoms with Crippen LogP contribution < -0.4 is 15.1 Å². The lowest BCUT2D eigenvalue weighted by atomic mass is 9.76. The second-order valence-electron chi connectivity index (χ2n) is 17.5. The molecule has 0 radical (unpaired) electrons. The summed E-state index contributed by atoms with van der Waals surface area (Å²) in [6.45, 7) is 12.7. The van der Waals surface area contributed by atoms with E-state index in [4.69, 9.17) is 11.6 Å². The van der Waals surface area contributed by atoms with Crippen LogP contribution in [0.1, 0.15) is 112 Å². The first-order valence-corrected chi connectivity index (χ1v) is 21.4. The second kappa shape index (κ2) is 16.4. The fourth-order valence-electron chi connectivity index (χ4n) is 10.4. The number of nitriles is 1. The van der Waals surface area contributed by atoms with Gasteiger partial charge in [0.1, 0.15) is 6.07 Å². The van der Waals surface area contributed by atoms with E-state index < -0.39 is 11.9 Å². The zero-order chi connectivity index (χ0) is 41.6. The molecule has 1 N–H and O–H groups in total. The number of imide groups is 2. The molecule has 3 saturated heterocycles. The lowest BCUT2D eigenvalue weighted by Crippen LogP contribution is -2.42. The molecule has 1 unspecified atom stereocenters. The van der Waals surface area contributed by atoms with Crippen molar-refractivity contribution in [2.24, 2.45) is 11.3 Å². The Labute approximate surface area is 351 Å². The van der Waals surface area contributed by atoms with E-state index in [1.54, 1.807) is 6.92 Å². The van der Waals surface area contributed by atoms with Crippen LogP contribution in [0.15, 0.2) is 48.5 Å². The Morgan fingerprint density at radius 3 is 2.24 bits per heavy atom. The van der Waals surface area contributed by atoms with E-state index in [0.717, 1.165) is 91.9 Å². The molecule has 0 bridgehead atoms. The maximum absolute atomic E-state index is 13.6. The van der Waals surface area contributed by atoms with Crippen molar-refractivity contribution < 1.29 is 24.0 Å². The zero-order valence-electron chi connectivity index (χ0n) is 34.1. The molecular formula is C46H52ClN7O5. The Kier molecular flexibility index (Phi) is 11.3. The first-order chi connectivity index (χ1) is 28.4. The predicted octanol–water partition coefficient (Wildman–Crippen LogP) is 6.31. The first-order valence-electron chi connectivity index (χ1n) is 21.0. The van der Waals surface area contributed by atoms with Crippen molar-refractivity contribution in [3.8, 4) is 6.07 Å². The Morgan fingerprint density at radius 1 is 0.983 bits per heavy atom. The van der Waals surface area contributed by atoms with Gasteiger partial charge in [-0.1, -0.05) is 11.6 Å². The number of hydrogen-bond donors (Lipinski definition) is 1. The van der Waals surface area contributed by atoms with Crippen LogP contribution in [0.4, 0.5) is 11.4 Å². The number of halogens is 1. The van der Waals surface area contributed by atoms with E-state index in [-0.39, 0.29) is 36.0 Å².